The lowest BCUT2D eigenvalue weighted by molar-refractivity contribution is -0.140. The minimum Gasteiger partial charge on any atom is -0.481 e. The number of rotatable bonds is 3. The lowest BCUT2D eigenvalue weighted by atomic mass is 10.1. The third kappa shape index (κ3) is 1.71. The predicted octanol–water partition coefficient (Wildman–Crippen LogP) is 2.63. The molecule has 0 bridgehead atoms. The SMILES string of the molecule is Cc1ccc(-c2nnc(C3(C(=O)O)CC3)s2)cc1. The van der Waals surface area contributed by atoms with Crippen LogP contribution in [-0.4, -0.2) is 21.3 Å². The first-order chi connectivity index (χ1) is 8.62. The van der Waals surface area contributed by atoms with E-state index in [1.54, 1.807) is 0 Å². The quantitative estimate of drug-likeness (QED) is 0.921. The van der Waals surface area contributed by atoms with Gasteiger partial charge in [0.15, 0.2) is 0 Å². The number of aromatic nitrogens is 2. The van der Waals surface area contributed by atoms with Crippen LogP contribution >= 0.6 is 11.3 Å². The Morgan fingerprint density at radius 2 is 1.94 bits per heavy atom. The van der Waals surface area contributed by atoms with Crippen molar-refractivity contribution in [1.82, 2.24) is 10.2 Å². The lowest BCUT2D eigenvalue weighted by Crippen LogP contribution is -2.19. The molecule has 1 aliphatic rings. The maximum atomic E-state index is 11.2. The number of nitrogens with zero attached hydrogens (tertiary/aromatic N) is 2. The Labute approximate surface area is 108 Å². The topological polar surface area (TPSA) is 63.1 Å². The number of carboxylic acid groups (broad SMARTS) is 1. The number of hydrogen-bond donors (Lipinski definition) is 1. The lowest BCUT2D eigenvalue weighted by Gasteiger charge is -2.02. The van der Waals surface area contributed by atoms with Crippen LogP contribution in [0, 0.1) is 6.92 Å². The Balaban J connectivity index is 1.95. The van der Waals surface area contributed by atoms with Crippen LogP contribution in [0.2, 0.25) is 0 Å². The van der Waals surface area contributed by atoms with Gasteiger partial charge >= 0.3 is 5.97 Å². The first-order valence-corrected chi connectivity index (χ1v) is 6.58. The molecule has 0 saturated heterocycles. The zero-order valence-corrected chi connectivity index (χ0v) is 10.7. The smallest absolute Gasteiger partial charge is 0.316 e. The number of aliphatic carboxylic acids is 1. The number of carboxylic acids is 1. The van der Waals surface area contributed by atoms with Crippen LogP contribution in [0.5, 0.6) is 0 Å². The van der Waals surface area contributed by atoms with E-state index in [2.05, 4.69) is 10.2 Å². The van der Waals surface area contributed by atoms with E-state index in [0.717, 1.165) is 10.6 Å². The Morgan fingerprint density at radius 3 is 2.50 bits per heavy atom. The summed E-state index contributed by atoms with van der Waals surface area (Å²) in [5.74, 6) is -0.783. The Hall–Kier alpha value is -1.75. The molecular formula is C13H12N2O2S. The summed E-state index contributed by atoms with van der Waals surface area (Å²) in [5.41, 5.74) is 1.43. The van der Waals surface area contributed by atoms with Gasteiger partial charge in [-0.1, -0.05) is 41.2 Å². The molecule has 1 aromatic heterocycles. The zero-order valence-electron chi connectivity index (χ0n) is 9.88. The highest BCUT2D eigenvalue weighted by molar-refractivity contribution is 7.15. The van der Waals surface area contributed by atoms with Gasteiger partial charge in [0.2, 0.25) is 0 Å². The number of benzene rings is 1. The van der Waals surface area contributed by atoms with Crippen molar-refractivity contribution in [2.45, 2.75) is 25.2 Å². The van der Waals surface area contributed by atoms with Crippen LogP contribution in [0.3, 0.4) is 0 Å². The van der Waals surface area contributed by atoms with Gasteiger partial charge < -0.3 is 5.11 Å². The van der Waals surface area contributed by atoms with E-state index in [1.165, 1.54) is 16.9 Å². The summed E-state index contributed by atoms with van der Waals surface area (Å²) in [6.45, 7) is 2.03. The fourth-order valence-corrected chi connectivity index (χ4v) is 2.96. The second kappa shape index (κ2) is 3.88. The molecule has 0 radical (unpaired) electrons. The molecule has 1 N–H and O–H groups in total. The number of hydrogen-bond acceptors (Lipinski definition) is 4. The van der Waals surface area contributed by atoms with E-state index in [-0.39, 0.29) is 0 Å². The molecule has 1 fully saturated rings. The minimum atomic E-state index is -0.783. The van der Waals surface area contributed by atoms with Gasteiger partial charge in [-0.25, -0.2) is 0 Å². The third-order valence-electron chi connectivity index (χ3n) is 3.29. The highest BCUT2D eigenvalue weighted by Crippen LogP contribution is 2.50. The molecule has 0 aliphatic heterocycles. The first-order valence-electron chi connectivity index (χ1n) is 5.76. The van der Waals surface area contributed by atoms with Crippen molar-refractivity contribution in [1.29, 1.82) is 0 Å². The Bertz CT molecular complexity index is 600. The largest absolute Gasteiger partial charge is 0.481 e. The van der Waals surface area contributed by atoms with Gasteiger partial charge in [-0.2, -0.15) is 0 Å². The maximum absolute atomic E-state index is 11.2. The summed E-state index contributed by atoms with van der Waals surface area (Å²) in [4.78, 5) is 11.2. The van der Waals surface area contributed by atoms with Crippen LogP contribution in [0.15, 0.2) is 24.3 Å². The molecule has 1 aromatic carbocycles. The van der Waals surface area contributed by atoms with Crippen LogP contribution in [0.25, 0.3) is 10.6 Å². The van der Waals surface area contributed by atoms with Gasteiger partial charge in [0.25, 0.3) is 0 Å². The minimum absolute atomic E-state index is 0.630. The monoisotopic (exact) mass is 260 g/mol. The standard InChI is InChI=1S/C13H12N2O2S/c1-8-2-4-9(5-3-8)10-14-15-11(18-10)13(6-7-13)12(16)17/h2-5H,6-7H2,1H3,(H,16,17). The van der Waals surface area contributed by atoms with Crippen molar-refractivity contribution in [3.63, 3.8) is 0 Å². The predicted molar refractivity (Wildman–Crippen MR) is 68.6 cm³/mol. The normalized spacial score (nSPS) is 16.5. The summed E-state index contributed by atoms with van der Waals surface area (Å²) >= 11 is 1.39. The van der Waals surface area contributed by atoms with Gasteiger partial charge in [-0.15, -0.1) is 10.2 Å². The number of aryl methyl sites for hydroxylation is 1. The fraction of sp³-hybridized carbons (Fsp3) is 0.308. The molecule has 4 nitrogen and oxygen atoms in total. The van der Waals surface area contributed by atoms with E-state index in [0.29, 0.717) is 17.8 Å². The van der Waals surface area contributed by atoms with Crippen LogP contribution in [0.4, 0.5) is 0 Å². The van der Waals surface area contributed by atoms with Crippen molar-refractivity contribution < 1.29 is 9.90 Å². The van der Waals surface area contributed by atoms with E-state index in [9.17, 15) is 9.90 Å². The molecule has 18 heavy (non-hydrogen) atoms. The molecule has 0 atom stereocenters. The Morgan fingerprint density at radius 1 is 1.28 bits per heavy atom. The number of carbonyl (C=O) groups is 1. The Kier molecular flexibility index (Phi) is 2.45. The molecule has 0 unspecified atom stereocenters. The second-order valence-electron chi connectivity index (χ2n) is 4.67. The molecule has 1 aliphatic carbocycles. The molecule has 2 aromatic rings. The van der Waals surface area contributed by atoms with Crippen LogP contribution < -0.4 is 0 Å². The second-order valence-corrected chi connectivity index (χ2v) is 5.64. The third-order valence-corrected chi connectivity index (χ3v) is 4.47. The highest BCUT2D eigenvalue weighted by Gasteiger charge is 2.54. The van der Waals surface area contributed by atoms with E-state index in [1.807, 2.05) is 31.2 Å². The summed E-state index contributed by atoms with van der Waals surface area (Å²) < 4.78 is 0. The van der Waals surface area contributed by atoms with Crippen molar-refractivity contribution in [3.05, 3.63) is 34.8 Å². The van der Waals surface area contributed by atoms with Gasteiger partial charge in [-0.05, 0) is 19.8 Å². The molecule has 92 valence electrons. The summed E-state index contributed by atoms with van der Waals surface area (Å²) in [6, 6.07) is 8.00. The maximum Gasteiger partial charge on any atom is 0.316 e. The molecular weight excluding hydrogens is 248 g/mol. The summed E-state index contributed by atoms with van der Waals surface area (Å²) in [5, 5.41) is 18.8. The average Bonchev–Trinajstić information content (AvgIpc) is 3.03. The molecule has 1 heterocycles. The first kappa shape index (κ1) is 11.3. The van der Waals surface area contributed by atoms with Crippen molar-refractivity contribution in [3.8, 4) is 10.6 Å². The van der Waals surface area contributed by atoms with Crippen LogP contribution in [-0.2, 0) is 10.2 Å². The highest BCUT2D eigenvalue weighted by atomic mass is 32.1. The molecule has 1 saturated carbocycles. The molecule has 3 rings (SSSR count). The van der Waals surface area contributed by atoms with E-state index < -0.39 is 11.4 Å². The van der Waals surface area contributed by atoms with Gasteiger partial charge in [0.05, 0.1) is 0 Å². The van der Waals surface area contributed by atoms with Crippen molar-refractivity contribution in [2.75, 3.05) is 0 Å². The van der Waals surface area contributed by atoms with Gasteiger partial charge in [-0.3, -0.25) is 4.79 Å². The summed E-state index contributed by atoms with van der Waals surface area (Å²) in [6.07, 6.45) is 1.34. The van der Waals surface area contributed by atoms with Gasteiger partial charge in [0.1, 0.15) is 15.4 Å². The van der Waals surface area contributed by atoms with E-state index >= 15 is 0 Å². The molecule has 5 heteroatoms. The van der Waals surface area contributed by atoms with Crippen LogP contribution in [0.1, 0.15) is 23.4 Å². The zero-order chi connectivity index (χ0) is 12.8. The van der Waals surface area contributed by atoms with Crippen molar-refractivity contribution >= 4 is 17.3 Å². The molecule has 0 spiro atoms. The molecule has 0 amide bonds. The fourth-order valence-electron chi connectivity index (χ4n) is 1.87. The summed E-state index contributed by atoms with van der Waals surface area (Å²) in [7, 11) is 0. The van der Waals surface area contributed by atoms with E-state index in [4.69, 9.17) is 0 Å². The van der Waals surface area contributed by atoms with Crippen molar-refractivity contribution in [2.24, 2.45) is 0 Å². The average molecular weight is 260 g/mol. The van der Waals surface area contributed by atoms with Gasteiger partial charge in [0, 0.05) is 5.56 Å².